The lowest BCUT2D eigenvalue weighted by atomic mass is 10.1. The van der Waals surface area contributed by atoms with Gasteiger partial charge in [-0.15, -0.1) is 24.9 Å². The largest absolute Gasteiger partial charge is 0.419 e. The van der Waals surface area contributed by atoms with Gasteiger partial charge in [-0.1, -0.05) is 29.5 Å². The molecule has 0 fully saturated rings. The molecule has 26 rings (SSSR count). The molecule has 0 amide bonds. The van der Waals surface area contributed by atoms with Gasteiger partial charge in [-0.2, -0.15) is 13.2 Å². The molecule has 0 radical (unpaired) electrons. The maximum absolute atomic E-state index is 7.93. The zero-order chi connectivity index (χ0) is 70.2. The Hall–Kier alpha value is -13.8. The number of hydrogen-bond donors (Lipinski definition) is 0. The molecule has 25 heteroatoms. The fourth-order valence-electron chi connectivity index (χ4n) is 15.9. The average molecular weight is 1370 g/mol. The maximum Gasteiger partial charge on any atom is 0.329 e. The highest BCUT2D eigenvalue weighted by Crippen LogP contribution is 2.41. The van der Waals surface area contributed by atoms with E-state index in [0.717, 1.165) is 122 Å². The van der Waals surface area contributed by atoms with Crippen LogP contribution in [-0.4, -0.2) is 86.0 Å². The molecule has 1 aromatic carbocycles. The molecule has 103 heavy (non-hydrogen) atoms. The van der Waals surface area contributed by atoms with Crippen LogP contribution in [0.1, 0.15) is 31.9 Å². The molecule has 0 saturated heterocycles. The summed E-state index contributed by atoms with van der Waals surface area (Å²) in [6.45, 7) is 1.89. The Balaban J connectivity index is 0.0000000830. The third kappa shape index (κ3) is 8.35. The lowest BCUT2D eigenvalue weighted by molar-refractivity contribution is -0.623. The topological polar surface area (TPSA) is 200 Å². The van der Waals surface area contributed by atoms with Crippen molar-refractivity contribution in [3.05, 3.63) is 273 Å². The van der Waals surface area contributed by atoms with E-state index < -0.39 is 6.98 Å². The number of para-hydroxylation sites is 1. The predicted molar refractivity (Wildman–Crippen MR) is 384 cm³/mol. The summed E-state index contributed by atoms with van der Waals surface area (Å²) >= 11 is 1.79. The smallest absolute Gasteiger partial charge is 0.329 e. The van der Waals surface area contributed by atoms with Crippen molar-refractivity contribution in [2.45, 2.75) is 32.7 Å². The summed E-state index contributed by atoms with van der Waals surface area (Å²) in [7, 11) is 2.07. The lowest BCUT2D eigenvalue weighted by Crippen LogP contribution is -2.30. The molecule has 0 bridgehead atoms. The first-order valence-corrected chi connectivity index (χ1v) is 34.4. The highest BCUT2D eigenvalue weighted by Gasteiger charge is 2.37. The van der Waals surface area contributed by atoms with Gasteiger partial charge in [0.1, 0.15) is 28.5 Å². The first-order valence-electron chi connectivity index (χ1n) is 35.1. The SMILES string of the molecule is C[n+]1c2ncccc2n2cc3n(c21)Cc1ccncc1-3.[2H]C([2H])([2H])[n+]1c2ncccc2n2cc3n(c21)Cc1ccncc1-3.c1ccc(-n2c3cccnc3[n+]3cn4c(c23)-c2cnccc2C4)cc1.c1cnc2c(c1)oc1c3n(c[n+]12)Cc1ccncc1-3.c1cnc2c(c1)sc1c3n(c[n+]12)Cc1ccncc1-3. The maximum atomic E-state index is 7.93. The molecule has 0 atom stereocenters. The molecule has 0 spiro atoms. The highest BCUT2D eigenvalue weighted by atomic mass is 32.1. The number of pyridine rings is 10. The zero-order valence-corrected chi connectivity index (χ0v) is 55.5. The van der Waals surface area contributed by atoms with Crippen molar-refractivity contribution in [3.8, 4) is 62.0 Å². The van der Waals surface area contributed by atoms with Gasteiger partial charge in [0.2, 0.25) is 16.1 Å². The average Bonchev–Trinajstić information content (AvgIpc) is 1.65. The number of hydrogen-bond acceptors (Lipinski definition) is 12. The number of oxazole rings is 1. The van der Waals surface area contributed by atoms with Gasteiger partial charge in [0.05, 0.1) is 87.5 Å². The minimum atomic E-state index is -2.30. The zero-order valence-electron chi connectivity index (χ0n) is 57.7. The van der Waals surface area contributed by atoms with Crippen molar-refractivity contribution in [1.29, 1.82) is 0 Å². The number of rotatable bonds is 1. The van der Waals surface area contributed by atoms with Gasteiger partial charge < -0.3 is 4.42 Å². The fourth-order valence-corrected chi connectivity index (χ4v) is 17.1. The van der Waals surface area contributed by atoms with Crippen molar-refractivity contribution < 1.29 is 30.9 Å². The Morgan fingerprint density at radius 3 is 1.51 bits per heavy atom. The number of benzene rings is 1. The van der Waals surface area contributed by atoms with Crippen LogP contribution in [0.2, 0.25) is 0 Å². The number of aryl methyl sites for hydroxylation is 2. The van der Waals surface area contributed by atoms with Crippen LogP contribution < -0.4 is 22.3 Å². The minimum absolute atomic E-state index is 0.465. The predicted octanol–water partition coefficient (Wildman–Crippen LogP) is 10.1. The molecule has 0 aliphatic carbocycles. The van der Waals surface area contributed by atoms with Gasteiger partial charge in [-0.25, -0.2) is 31.6 Å². The third-order valence-electron chi connectivity index (χ3n) is 20.4. The monoisotopic (exact) mass is 1370 g/mol. The van der Waals surface area contributed by atoms with E-state index >= 15 is 0 Å². The van der Waals surface area contributed by atoms with Crippen molar-refractivity contribution in [2.75, 3.05) is 0 Å². The van der Waals surface area contributed by atoms with E-state index in [0.29, 0.717) is 18.0 Å². The summed E-state index contributed by atoms with van der Waals surface area (Å²) in [6.07, 6.45) is 38.2. The minimum Gasteiger partial charge on any atom is -0.419 e. The van der Waals surface area contributed by atoms with Gasteiger partial charge >= 0.3 is 22.9 Å². The number of aromatic nitrogens is 23. The van der Waals surface area contributed by atoms with E-state index in [-0.39, 0.29) is 0 Å². The third-order valence-corrected chi connectivity index (χ3v) is 21.5. The van der Waals surface area contributed by atoms with E-state index in [1.807, 2.05) is 155 Å². The first-order chi connectivity index (χ1) is 52.1. The lowest BCUT2D eigenvalue weighted by Gasteiger charge is -2.02. The van der Waals surface area contributed by atoms with E-state index in [9.17, 15) is 0 Å². The second-order valence-corrected chi connectivity index (χ2v) is 27.0. The molecule has 21 aromatic rings. The Morgan fingerprint density at radius 1 is 0.417 bits per heavy atom. The standard InChI is InChI=1S/C20H14N5.2C15H12N5.C14H9N4O.C14H9N4S/c1-2-5-15(6-3-1)25-17-7-4-9-22-19(17)24-13-23-12-14-8-10-21-11-16(14)18(23)20(24)25;2*1-18-14-12(3-2-5-17-14)20-9-13-11-7-16-6-4-10(11)8-19(13)15(18)20;2*1-2-11-13(16-4-1)18-8-17-7-9-3-5-15-6-10(9)12(17)14(18)19-11/h1-11,13H,12H2;2*2-7,9H,8H2,1H3;2*1-6,8H,7H2/q5*+1/i;1D3;;;. The van der Waals surface area contributed by atoms with Gasteiger partial charge in [0.15, 0.2) is 52.6 Å². The summed E-state index contributed by atoms with van der Waals surface area (Å²) < 4.78 is 58.3. The van der Waals surface area contributed by atoms with Gasteiger partial charge in [-0.3, -0.25) is 38.6 Å². The van der Waals surface area contributed by atoms with Crippen LogP contribution in [0.3, 0.4) is 0 Å². The Labute approximate surface area is 590 Å². The molecule has 0 N–H and O–H groups in total. The van der Waals surface area contributed by atoms with Crippen molar-refractivity contribution >= 4 is 94.2 Å². The molecule has 490 valence electrons. The molecule has 5 aliphatic rings. The van der Waals surface area contributed by atoms with Gasteiger partial charge in [0.25, 0.3) is 22.6 Å². The van der Waals surface area contributed by atoms with E-state index in [1.54, 1.807) is 29.9 Å². The van der Waals surface area contributed by atoms with E-state index in [4.69, 9.17) is 8.53 Å². The van der Waals surface area contributed by atoms with Gasteiger partial charge in [0, 0.05) is 101 Å². The summed E-state index contributed by atoms with van der Waals surface area (Å²) in [5.74, 6) is 1.77. The summed E-state index contributed by atoms with van der Waals surface area (Å²) in [4.78, 5) is 44.8. The first kappa shape index (κ1) is 54.1. The normalized spacial score (nSPS) is 13.5. The number of thiazole rings is 1. The van der Waals surface area contributed by atoms with Crippen LogP contribution in [0.5, 0.6) is 0 Å². The second kappa shape index (κ2) is 21.8. The van der Waals surface area contributed by atoms with E-state index in [2.05, 4.69) is 183 Å². The Bertz CT molecular complexity index is 7090. The van der Waals surface area contributed by atoms with Crippen LogP contribution in [0.15, 0.2) is 250 Å². The van der Waals surface area contributed by atoms with Crippen molar-refractivity contribution in [3.63, 3.8) is 0 Å². The summed E-state index contributed by atoms with van der Waals surface area (Å²) in [5, 5.41) is 0. The Kier molecular flexibility index (Phi) is 11.5. The summed E-state index contributed by atoms with van der Waals surface area (Å²) in [5.41, 5.74) is 29.3. The molecule has 24 nitrogen and oxygen atoms in total. The van der Waals surface area contributed by atoms with Crippen LogP contribution in [0.25, 0.3) is 145 Å². The molecule has 0 saturated carbocycles. The molecular formula is C78H56N23OS+5. The van der Waals surface area contributed by atoms with Gasteiger partial charge in [-0.05, 0) is 120 Å². The summed E-state index contributed by atoms with van der Waals surface area (Å²) in [6, 6.07) is 40.6. The van der Waals surface area contributed by atoms with Crippen LogP contribution in [-0.2, 0) is 46.7 Å². The second-order valence-electron chi connectivity index (χ2n) is 26.0. The molecule has 20 aromatic heterocycles. The number of imidazole rings is 8. The van der Waals surface area contributed by atoms with Crippen molar-refractivity contribution in [2.24, 2.45) is 14.0 Å². The van der Waals surface area contributed by atoms with Crippen LogP contribution in [0.4, 0.5) is 0 Å². The fraction of sp³-hybridized carbons (Fsp3) is 0.0897. The van der Waals surface area contributed by atoms with Crippen molar-refractivity contribution in [1.82, 2.24) is 86.0 Å². The number of fused-ring (bicyclic) bond motifs is 35. The van der Waals surface area contributed by atoms with Crippen LogP contribution in [0, 0.1) is 0 Å². The Morgan fingerprint density at radius 2 is 0.893 bits per heavy atom. The molecule has 0 unspecified atom stereocenters. The van der Waals surface area contributed by atoms with Crippen LogP contribution >= 0.6 is 11.3 Å². The number of nitrogens with zero attached hydrogens (tertiary/aromatic N) is 23. The molecule has 25 heterocycles. The van der Waals surface area contributed by atoms with E-state index in [1.165, 1.54) is 70.1 Å². The highest BCUT2D eigenvalue weighted by molar-refractivity contribution is 7.23. The quantitative estimate of drug-likeness (QED) is 0.142. The molecular weight excluding hydrogens is 1310 g/mol. The molecule has 5 aliphatic heterocycles.